The SMILES string of the molecule is O=C(Cc1cc(=O)[nH]c(SCc2ccccc2)n1)N1CCN(c2cccc(Cl)c2)CC1. The molecular formula is C23H23ClN4O2S. The molecule has 0 radical (unpaired) electrons. The summed E-state index contributed by atoms with van der Waals surface area (Å²) in [5.41, 5.74) is 2.48. The number of thioether (sulfide) groups is 1. The number of hydrogen-bond acceptors (Lipinski definition) is 5. The second-order valence-electron chi connectivity index (χ2n) is 7.34. The van der Waals surface area contributed by atoms with Gasteiger partial charge in [-0.3, -0.25) is 9.59 Å². The maximum atomic E-state index is 12.8. The first-order chi connectivity index (χ1) is 15.1. The summed E-state index contributed by atoms with van der Waals surface area (Å²) < 4.78 is 0. The van der Waals surface area contributed by atoms with Crippen LogP contribution in [-0.2, 0) is 17.0 Å². The van der Waals surface area contributed by atoms with Gasteiger partial charge in [-0.15, -0.1) is 0 Å². The van der Waals surface area contributed by atoms with E-state index in [0.717, 1.165) is 24.3 Å². The molecule has 3 aromatic rings. The molecule has 1 aliphatic rings. The number of piperazine rings is 1. The van der Waals surface area contributed by atoms with Crippen LogP contribution < -0.4 is 10.5 Å². The van der Waals surface area contributed by atoms with Crippen LogP contribution in [0.1, 0.15) is 11.3 Å². The van der Waals surface area contributed by atoms with Crippen LogP contribution in [0.25, 0.3) is 0 Å². The van der Waals surface area contributed by atoms with Gasteiger partial charge in [0.15, 0.2) is 5.16 Å². The Hall–Kier alpha value is -2.77. The lowest BCUT2D eigenvalue weighted by Gasteiger charge is -2.36. The maximum Gasteiger partial charge on any atom is 0.251 e. The lowest BCUT2D eigenvalue weighted by molar-refractivity contribution is -0.130. The number of aromatic amines is 1. The summed E-state index contributed by atoms with van der Waals surface area (Å²) in [7, 11) is 0. The van der Waals surface area contributed by atoms with Gasteiger partial charge in [-0.25, -0.2) is 4.98 Å². The minimum Gasteiger partial charge on any atom is -0.368 e. The van der Waals surface area contributed by atoms with Crippen LogP contribution in [0, 0.1) is 0 Å². The summed E-state index contributed by atoms with van der Waals surface area (Å²) in [6.07, 6.45) is 0.125. The molecule has 0 saturated carbocycles. The molecule has 1 N–H and O–H groups in total. The van der Waals surface area contributed by atoms with Crippen LogP contribution in [0.3, 0.4) is 0 Å². The van der Waals surface area contributed by atoms with E-state index in [4.69, 9.17) is 11.6 Å². The molecule has 0 spiro atoms. The topological polar surface area (TPSA) is 69.3 Å². The van der Waals surface area contributed by atoms with Gasteiger partial charge in [-0.1, -0.05) is 59.8 Å². The predicted octanol–water partition coefficient (Wildman–Crippen LogP) is 3.61. The fourth-order valence-corrected chi connectivity index (χ4v) is 4.56. The molecule has 8 heteroatoms. The molecule has 4 rings (SSSR count). The maximum absolute atomic E-state index is 12.8. The first kappa shape index (κ1) is 21.5. The zero-order valence-electron chi connectivity index (χ0n) is 17.0. The number of carbonyl (C=O) groups excluding carboxylic acids is 1. The first-order valence-electron chi connectivity index (χ1n) is 10.1. The molecule has 31 heavy (non-hydrogen) atoms. The number of benzene rings is 2. The van der Waals surface area contributed by atoms with Gasteiger partial charge in [0.2, 0.25) is 5.91 Å². The van der Waals surface area contributed by atoms with Crippen LogP contribution >= 0.6 is 23.4 Å². The van der Waals surface area contributed by atoms with Crippen molar-refractivity contribution in [1.82, 2.24) is 14.9 Å². The van der Waals surface area contributed by atoms with Crippen molar-refractivity contribution in [2.24, 2.45) is 0 Å². The smallest absolute Gasteiger partial charge is 0.251 e. The summed E-state index contributed by atoms with van der Waals surface area (Å²) in [4.78, 5) is 36.1. The van der Waals surface area contributed by atoms with E-state index in [0.29, 0.717) is 34.7 Å². The van der Waals surface area contributed by atoms with Gasteiger partial charge >= 0.3 is 0 Å². The van der Waals surface area contributed by atoms with Gasteiger partial charge in [0.1, 0.15) is 0 Å². The molecule has 2 aromatic carbocycles. The molecule has 1 saturated heterocycles. The van der Waals surface area contributed by atoms with Crippen molar-refractivity contribution in [3.63, 3.8) is 0 Å². The van der Waals surface area contributed by atoms with E-state index in [1.807, 2.05) is 59.5 Å². The summed E-state index contributed by atoms with van der Waals surface area (Å²) >= 11 is 7.54. The van der Waals surface area contributed by atoms with Crippen LogP contribution in [-0.4, -0.2) is 47.0 Å². The van der Waals surface area contributed by atoms with Gasteiger partial charge in [0.05, 0.1) is 12.1 Å². The number of carbonyl (C=O) groups is 1. The van der Waals surface area contributed by atoms with Crippen molar-refractivity contribution < 1.29 is 4.79 Å². The average molecular weight is 455 g/mol. The Morgan fingerprint density at radius 1 is 1.03 bits per heavy atom. The normalized spacial score (nSPS) is 14.0. The number of anilines is 1. The third-order valence-electron chi connectivity index (χ3n) is 5.13. The molecule has 1 amide bonds. The summed E-state index contributed by atoms with van der Waals surface area (Å²) in [5, 5.41) is 1.24. The van der Waals surface area contributed by atoms with Crippen molar-refractivity contribution in [1.29, 1.82) is 0 Å². The van der Waals surface area contributed by atoms with E-state index >= 15 is 0 Å². The van der Waals surface area contributed by atoms with Gasteiger partial charge in [0, 0.05) is 48.7 Å². The number of nitrogens with zero attached hydrogens (tertiary/aromatic N) is 3. The average Bonchev–Trinajstić information content (AvgIpc) is 2.78. The summed E-state index contributed by atoms with van der Waals surface area (Å²) in [5.74, 6) is 0.690. The number of halogens is 1. The minimum atomic E-state index is -0.237. The second-order valence-corrected chi connectivity index (χ2v) is 8.74. The second kappa shape index (κ2) is 10.0. The lowest BCUT2D eigenvalue weighted by Crippen LogP contribution is -2.49. The molecule has 1 aliphatic heterocycles. The van der Waals surface area contributed by atoms with Gasteiger partial charge in [-0.05, 0) is 23.8 Å². The molecule has 0 unspecified atom stereocenters. The molecule has 2 heterocycles. The Morgan fingerprint density at radius 2 is 1.81 bits per heavy atom. The third-order valence-corrected chi connectivity index (χ3v) is 6.31. The largest absolute Gasteiger partial charge is 0.368 e. The number of hydrogen-bond donors (Lipinski definition) is 1. The Bertz CT molecular complexity index is 1100. The van der Waals surface area contributed by atoms with Crippen LogP contribution in [0.15, 0.2) is 70.6 Å². The Morgan fingerprint density at radius 3 is 2.55 bits per heavy atom. The molecule has 160 valence electrons. The number of H-pyrrole nitrogens is 1. The Kier molecular flexibility index (Phi) is 6.94. The monoisotopic (exact) mass is 454 g/mol. The van der Waals surface area contributed by atoms with E-state index in [1.165, 1.54) is 17.8 Å². The van der Waals surface area contributed by atoms with E-state index in [9.17, 15) is 9.59 Å². The Balaban J connectivity index is 1.34. The van der Waals surface area contributed by atoms with Crippen molar-refractivity contribution in [2.45, 2.75) is 17.3 Å². The zero-order chi connectivity index (χ0) is 21.6. The standard InChI is InChI=1S/C23H23ClN4O2S/c24-18-7-4-8-20(13-18)27-9-11-28(12-10-27)22(30)15-19-14-21(29)26-23(25-19)31-16-17-5-2-1-3-6-17/h1-8,13-14H,9-12,15-16H2,(H,25,26,29). The lowest BCUT2D eigenvalue weighted by atomic mass is 10.2. The van der Waals surface area contributed by atoms with Crippen LogP contribution in [0.4, 0.5) is 5.69 Å². The molecule has 1 fully saturated rings. The molecule has 0 atom stereocenters. The van der Waals surface area contributed by atoms with Crippen molar-refractivity contribution >= 4 is 35.0 Å². The number of nitrogens with one attached hydrogen (secondary N) is 1. The first-order valence-corrected chi connectivity index (χ1v) is 11.5. The van der Waals surface area contributed by atoms with E-state index in [-0.39, 0.29) is 17.9 Å². The van der Waals surface area contributed by atoms with E-state index < -0.39 is 0 Å². The molecule has 0 aliphatic carbocycles. The highest BCUT2D eigenvalue weighted by atomic mass is 35.5. The quantitative estimate of drug-likeness (QED) is 0.455. The van der Waals surface area contributed by atoms with Crippen molar-refractivity contribution in [3.8, 4) is 0 Å². The van der Waals surface area contributed by atoms with Gasteiger partial charge in [-0.2, -0.15) is 0 Å². The number of amides is 1. The van der Waals surface area contributed by atoms with Crippen LogP contribution in [0.2, 0.25) is 5.02 Å². The highest BCUT2D eigenvalue weighted by molar-refractivity contribution is 7.98. The van der Waals surface area contributed by atoms with Crippen molar-refractivity contribution in [3.05, 3.63) is 87.3 Å². The van der Waals surface area contributed by atoms with Gasteiger partial charge in [0.25, 0.3) is 5.56 Å². The Labute approximate surface area is 190 Å². The number of aromatic nitrogens is 2. The minimum absolute atomic E-state index is 0.0112. The number of rotatable bonds is 6. The molecule has 1 aromatic heterocycles. The van der Waals surface area contributed by atoms with E-state index in [1.54, 1.807) is 0 Å². The molecule has 6 nitrogen and oxygen atoms in total. The third kappa shape index (κ3) is 5.89. The fourth-order valence-electron chi connectivity index (χ4n) is 3.52. The molecular weight excluding hydrogens is 432 g/mol. The fraction of sp³-hybridized carbons (Fsp3) is 0.261. The summed E-state index contributed by atoms with van der Waals surface area (Å²) in [6, 6.07) is 19.1. The summed E-state index contributed by atoms with van der Waals surface area (Å²) in [6.45, 7) is 2.74. The van der Waals surface area contributed by atoms with E-state index in [2.05, 4.69) is 14.9 Å². The zero-order valence-corrected chi connectivity index (χ0v) is 18.5. The highest BCUT2D eigenvalue weighted by Crippen LogP contribution is 2.21. The van der Waals surface area contributed by atoms with Crippen molar-refractivity contribution in [2.75, 3.05) is 31.1 Å². The van der Waals surface area contributed by atoms with Crippen LogP contribution in [0.5, 0.6) is 0 Å². The predicted molar refractivity (Wildman–Crippen MR) is 125 cm³/mol. The molecule has 0 bridgehead atoms. The highest BCUT2D eigenvalue weighted by Gasteiger charge is 2.22. The van der Waals surface area contributed by atoms with Gasteiger partial charge < -0.3 is 14.8 Å².